The average molecular weight is 370 g/mol. The van der Waals surface area contributed by atoms with Crippen molar-refractivity contribution < 1.29 is 4.79 Å². The van der Waals surface area contributed by atoms with Crippen LogP contribution in [-0.4, -0.2) is 31.9 Å². The molecule has 7 nitrogen and oxygen atoms in total. The Morgan fingerprint density at radius 2 is 1.79 bits per heavy atom. The average Bonchev–Trinajstić information content (AvgIpc) is 3.41. The van der Waals surface area contributed by atoms with Crippen molar-refractivity contribution in [3.8, 4) is 11.4 Å². The summed E-state index contributed by atoms with van der Waals surface area (Å²) in [6.45, 7) is 0. The molecule has 1 fully saturated rings. The third kappa shape index (κ3) is 3.29. The second-order valence-corrected chi connectivity index (χ2v) is 6.81. The Morgan fingerprint density at radius 1 is 1.00 bits per heavy atom. The van der Waals surface area contributed by atoms with E-state index >= 15 is 0 Å². The zero-order valence-electron chi connectivity index (χ0n) is 15.0. The van der Waals surface area contributed by atoms with Gasteiger partial charge in [-0.15, -0.1) is 0 Å². The first-order valence-corrected chi connectivity index (χ1v) is 9.21. The molecule has 2 heterocycles. The van der Waals surface area contributed by atoms with Gasteiger partial charge in [0.1, 0.15) is 5.52 Å². The van der Waals surface area contributed by atoms with Gasteiger partial charge in [-0.3, -0.25) is 4.79 Å². The SMILES string of the molecule is O=C(NC1CC1)c1ccc(-c2nc(Nc3ccccc3)c3[nH]cnc3n2)cc1. The second kappa shape index (κ2) is 6.77. The molecule has 1 amide bonds. The van der Waals surface area contributed by atoms with Gasteiger partial charge >= 0.3 is 0 Å². The molecule has 28 heavy (non-hydrogen) atoms. The Kier molecular flexibility index (Phi) is 3.97. The Bertz CT molecular complexity index is 1130. The number of carbonyl (C=O) groups excluding carboxylic acids is 1. The molecule has 5 rings (SSSR count). The molecular formula is C21H18N6O. The molecule has 0 unspecified atom stereocenters. The topological polar surface area (TPSA) is 95.6 Å². The van der Waals surface area contributed by atoms with Crippen molar-refractivity contribution in [2.24, 2.45) is 0 Å². The molecule has 0 atom stereocenters. The van der Waals surface area contributed by atoms with Crippen molar-refractivity contribution in [1.29, 1.82) is 0 Å². The maximum absolute atomic E-state index is 12.2. The molecule has 3 N–H and O–H groups in total. The highest BCUT2D eigenvalue weighted by atomic mass is 16.1. The van der Waals surface area contributed by atoms with Crippen LogP contribution in [0.3, 0.4) is 0 Å². The number of rotatable bonds is 5. The van der Waals surface area contributed by atoms with Gasteiger partial charge in [0.05, 0.1) is 6.33 Å². The fourth-order valence-electron chi connectivity index (χ4n) is 2.98. The van der Waals surface area contributed by atoms with E-state index in [0.29, 0.717) is 28.9 Å². The minimum atomic E-state index is -0.0378. The van der Waals surface area contributed by atoms with Gasteiger partial charge in [-0.05, 0) is 37.1 Å². The Morgan fingerprint density at radius 3 is 2.54 bits per heavy atom. The summed E-state index contributed by atoms with van der Waals surface area (Å²) in [6, 6.07) is 17.5. The van der Waals surface area contributed by atoms with Crippen LogP contribution < -0.4 is 10.6 Å². The standard InChI is InChI=1S/C21H18N6O/c28-21(25-16-10-11-16)14-8-6-13(7-9-14)18-26-19-17(22-12-23-19)20(27-18)24-15-4-2-1-3-5-15/h1-9,12,16H,10-11H2,(H,25,28)(H2,22,23,24,26,27). The summed E-state index contributed by atoms with van der Waals surface area (Å²) in [5.74, 6) is 1.16. The second-order valence-electron chi connectivity index (χ2n) is 6.81. The number of carbonyl (C=O) groups is 1. The molecule has 7 heteroatoms. The van der Waals surface area contributed by atoms with Crippen LogP contribution in [0.25, 0.3) is 22.6 Å². The molecule has 1 saturated carbocycles. The summed E-state index contributed by atoms with van der Waals surface area (Å²) >= 11 is 0. The van der Waals surface area contributed by atoms with Crippen LogP contribution in [0.2, 0.25) is 0 Å². The number of aromatic nitrogens is 4. The third-order valence-electron chi connectivity index (χ3n) is 4.64. The molecule has 1 aliphatic rings. The first-order chi connectivity index (χ1) is 13.8. The fourth-order valence-corrected chi connectivity index (χ4v) is 2.98. The number of imidazole rings is 1. The normalized spacial score (nSPS) is 13.4. The lowest BCUT2D eigenvalue weighted by atomic mass is 10.1. The van der Waals surface area contributed by atoms with E-state index < -0.39 is 0 Å². The maximum Gasteiger partial charge on any atom is 0.251 e. The van der Waals surface area contributed by atoms with Gasteiger partial charge in [0.25, 0.3) is 5.91 Å². The number of benzene rings is 2. The van der Waals surface area contributed by atoms with Crippen molar-refractivity contribution in [3.05, 3.63) is 66.5 Å². The number of nitrogens with one attached hydrogen (secondary N) is 3. The minimum absolute atomic E-state index is 0.0378. The Hall–Kier alpha value is -3.74. The van der Waals surface area contributed by atoms with Crippen LogP contribution in [0, 0.1) is 0 Å². The summed E-state index contributed by atoms with van der Waals surface area (Å²) in [7, 11) is 0. The highest BCUT2D eigenvalue weighted by molar-refractivity contribution is 5.95. The fraction of sp³-hybridized carbons (Fsp3) is 0.143. The van der Waals surface area contributed by atoms with E-state index in [9.17, 15) is 4.79 Å². The zero-order valence-corrected chi connectivity index (χ0v) is 15.0. The predicted molar refractivity (Wildman–Crippen MR) is 107 cm³/mol. The minimum Gasteiger partial charge on any atom is -0.349 e. The summed E-state index contributed by atoms with van der Waals surface area (Å²) in [5.41, 5.74) is 3.71. The number of hydrogen-bond donors (Lipinski definition) is 3. The van der Waals surface area contributed by atoms with Crippen LogP contribution in [0.4, 0.5) is 11.5 Å². The number of fused-ring (bicyclic) bond motifs is 1. The molecule has 1 aliphatic carbocycles. The smallest absolute Gasteiger partial charge is 0.251 e. The molecule has 2 aromatic carbocycles. The number of para-hydroxylation sites is 1. The van der Waals surface area contributed by atoms with Gasteiger partial charge in [-0.1, -0.05) is 30.3 Å². The number of hydrogen-bond acceptors (Lipinski definition) is 5. The van der Waals surface area contributed by atoms with Gasteiger partial charge in [-0.25, -0.2) is 15.0 Å². The number of aromatic amines is 1. The van der Waals surface area contributed by atoms with Crippen molar-refractivity contribution in [2.75, 3.05) is 5.32 Å². The number of amides is 1. The van der Waals surface area contributed by atoms with Gasteiger partial charge in [0, 0.05) is 22.9 Å². The lowest BCUT2D eigenvalue weighted by Gasteiger charge is -2.09. The molecule has 0 bridgehead atoms. The highest BCUT2D eigenvalue weighted by Gasteiger charge is 2.23. The molecule has 0 saturated heterocycles. The van der Waals surface area contributed by atoms with Crippen molar-refractivity contribution in [3.63, 3.8) is 0 Å². The van der Waals surface area contributed by atoms with Crippen molar-refractivity contribution in [1.82, 2.24) is 25.3 Å². The van der Waals surface area contributed by atoms with Crippen molar-refractivity contribution in [2.45, 2.75) is 18.9 Å². The summed E-state index contributed by atoms with van der Waals surface area (Å²) in [6.07, 6.45) is 3.74. The van der Waals surface area contributed by atoms with E-state index in [0.717, 1.165) is 29.6 Å². The molecular weight excluding hydrogens is 352 g/mol. The lowest BCUT2D eigenvalue weighted by Crippen LogP contribution is -2.25. The van der Waals surface area contributed by atoms with E-state index in [-0.39, 0.29) is 5.91 Å². The zero-order chi connectivity index (χ0) is 18.9. The van der Waals surface area contributed by atoms with Crippen LogP contribution in [0.1, 0.15) is 23.2 Å². The summed E-state index contributed by atoms with van der Waals surface area (Å²) < 4.78 is 0. The first-order valence-electron chi connectivity index (χ1n) is 9.21. The van der Waals surface area contributed by atoms with Crippen LogP contribution in [0.5, 0.6) is 0 Å². The molecule has 0 radical (unpaired) electrons. The molecule has 138 valence electrons. The molecule has 4 aromatic rings. The first kappa shape index (κ1) is 16.4. The van der Waals surface area contributed by atoms with Crippen molar-refractivity contribution >= 4 is 28.6 Å². The van der Waals surface area contributed by atoms with Gasteiger partial charge < -0.3 is 15.6 Å². The van der Waals surface area contributed by atoms with Gasteiger partial charge in [0.15, 0.2) is 17.3 Å². The van der Waals surface area contributed by atoms with E-state index in [1.54, 1.807) is 18.5 Å². The monoisotopic (exact) mass is 370 g/mol. The summed E-state index contributed by atoms with van der Waals surface area (Å²) in [5, 5.41) is 6.31. The van der Waals surface area contributed by atoms with E-state index in [1.165, 1.54) is 0 Å². The highest BCUT2D eigenvalue weighted by Crippen LogP contribution is 2.26. The Labute approximate surface area is 161 Å². The largest absolute Gasteiger partial charge is 0.349 e. The van der Waals surface area contributed by atoms with E-state index in [2.05, 4.69) is 30.6 Å². The molecule has 2 aromatic heterocycles. The van der Waals surface area contributed by atoms with Gasteiger partial charge in [-0.2, -0.15) is 0 Å². The van der Waals surface area contributed by atoms with Crippen LogP contribution >= 0.6 is 0 Å². The van der Waals surface area contributed by atoms with Crippen LogP contribution in [-0.2, 0) is 0 Å². The lowest BCUT2D eigenvalue weighted by molar-refractivity contribution is 0.0951. The number of nitrogens with zero attached hydrogens (tertiary/aromatic N) is 3. The maximum atomic E-state index is 12.2. The predicted octanol–water partition coefficient (Wildman–Crippen LogP) is 3.66. The molecule has 0 spiro atoms. The third-order valence-corrected chi connectivity index (χ3v) is 4.64. The van der Waals surface area contributed by atoms with E-state index in [4.69, 9.17) is 0 Å². The Balaban J connectivity index is 1.47. The number of anilines is 2. The van der Waals surface area contributed by atoms with E-state index in [1.807, 2.05) is 42.5 Å². The van der Waals surface area contributed by atoms with Gasteiger partial charge in [0.2, 0.25) is 0 Å². The molecule has 0 aliphatic heterocycles. The quantitative estimate of drug-likeness (QED) is 0.498. The number of H-pyrrole nitrogens is 1. The summed E-state index contributed by atoms with van der Waals surface area (Å²) in [4.78, 5) is 28.8. The van der Waals surface area contributed by atoms with Crippen LogP contribution in [0.15, 0.2) is 60.9 Å².